The summed E-state index contributed by atoms with van der Waals surface area (Å²) >= 11 is 0. The first-order chi connectivity index (χ1) is 4.43. The van der Waals surface area contributed by atoms with Gasteiger partial charge in [0.25, 0.3) is 0 Å². The van der Waals surface area contributed by atoms with Gasteiger partial charge in [0.05, 0.1) is 0 Å². The fourth-order valence-corrected chi connectivity index (χ4v) is 1.04. The lowest BCUT2D eigenvalue weighted by Gasteiger charge is -2.10. The summed E-state index contributed by atoms with van der Waals surface area (Å²) in [6.07, 6.45) is 6.60. The van der Waals surface area contributed by atoms with Crippen molar-refractivity contribution in [3.63, 3.8) is 0 Å². The van der Waals surface area contributed by atoms with Crippen LogP contribution in [-0.2, 0) is 0 Å². The Labute approximate surface area is 56.3 Å². The Bertz CT molecular complexity index is 99.1. The van der Waals surface area contributed by atoms with Crippen LogP contribution in [0.3, 0.4) is 0 Å². The maximum absolute atomic E-state index is 3.25. The second-order valence-corrected chi connectivity index (χ2v) is 2.37. The molecular formula is C7H14N2. The second kappa shape index (κ2) is 3.51. The highest BCUT2D eigenvalue weighted by Gasteiger charge is 2.03. The molecule has 9 heavy (non-hydrogen) atoms. The minimum Gasteiger partial charge on any atom is -0.391 e. The topological polar surface area (TPSA) is 24.1 Å². The third-order valence-electron chi connectivity index (χ3n) is 1.70. The van der Waals surface area contributed by atoms with E-state index in [9.17, 15) is 0 Å². The molecule has 2 N–H and O–H groups in total. The van der Waals surface area contributed by atoms with Gasteiger partial charge in [-0.3, -0.25) is 0 Å². The molecule has 1 heterocycles. The van der Waals surface area contributed by atoms with Crippen LogP contribution >= 0.6 is 0 Å². The van der Waals surface area contributed by atoms with E-state index in [1.807, 2.05) is 13.2 Å². The molecular weight excluding hydrogens is 112 g/mol. The van der Waals surface area contributed by atoms with Crippen LogP contribution in [0.2, 0.25) is 0 Å². The van der Waals surface area contributed by atoms with Crippen LogP contribution < -0.4 is 10.6 Å². The first-order valence-corrected chi connectivity index (χ1v) is 3.49. The lowest BCUT2D eigenvalue weighted by molar-refractivity contribution is 0.532. The van der Waals surface area contributed by atoms with E-state index in [4.69, 9.17) is 0 Å². The van der Waals surface area contributed by atoms with Gasteiger partial charge in [0.15, 0.2) is 0 Å². The first-order valence-electron chi connectivity index (χ1n) is 3.49. The van der Waals surface area contributed by atoms with Gasteiger partial charge in [-0.05, 0) is 26.1 Å². The number of nitrogens with one attached hydrogen (secondary N) is 2. The van der Waals surface area contributed by atoms with Gasteiger partial charge >= 0.3 is 0 Å². The normalized spacial score (nSPS) is 27.0. The molecule has 0 spiro atoms. The highest BCUT2D eigenvalue weighted by Crippen LogP contribution is 1.99. The summed E-state index contributed by atoms with van der Waals surface area (Å²) in [5.74, 6) is 0. The van der Waals surface area contributed by atoms with Crippen LogP contribution in [0, 0.1) is 0 Å². The van der Waals surface area contributed by atoms with Gasteiger partial charge in [0.2, 0.25) is 0 Å². The lowest BCUT2D eigenvalue weighted by atomic mass is 10.1. The Hall–Kier alpha value is -0.500. The molecule has 0 aromatic heterocycles. The Kier molecular flexibility index (Phi) is 2.58. The van der Waals surface area contributed by atoms with Crippen molar-refractivity contribution in [2.45, 2.75) is 18.9 Å². The van der Waals surface area contributed by atoms with Crippen LogP contribution in [0.4, 0.5) is 0 Å². The predicted molar refractivity (Wildman–Crippen MR) is 39.2 cm³/mol. The molecule has 0 radical (unpaired) electrons. The van der Waals surface area contributed by atoms with Crippen LogP contribution in [0.1, 0.15) is 12.8 Å². The summed E-state index contributed by atoms with van der Waals surface area (Å²) in [5.41, 5.74) is 0. The highest BCUT2D eigenvalue weighted by atomic mass is 14.9. The molecule has 1 atom stereocenters. The molecule has 1 rings (SSSR count). The number of rotatable bonds is 1. The second-order valence-electron chi connectivity index (χ2n) is 2.37. The maximum atomic E-state index is 3.25. The van der Waals surface area contributed by atoms with Gasteiger partial charge < -0.3 is 10.6 Å². The molecule has 0 bridgehead atoms. The zero-order valence-corrected chi connectivity index (χ0v) is 5.85. The maximum Gasteiger partial charge on any atom is 0.0156 e. The minimum absolute atomic E-state index is 0.677. The number of hydrogen-bond acceptors (Lipinski definition) is 2. The van der Waals surface area contributed by atoms with Crippen molar-refractivity contribution in [1.82, 2.24) is 10.6 Å². The Morgan fingerprint density at radius 2 is 2.56 bits per heavy atom. The van der Waals surface area contributed by atoms with E-state index in [-0.39, 0.29) is 0 Å². The van der Waals surface area contributed by atoms with Crippen LogP contribution in [0.15, 0.2) is 12.3 Å². The lowest BCUT2D eigenvalue weighted by Crippen LogP contribution is -2.26. The zero-order valence-electron chi connectivity index (χ0n) is 5.85. The van der Waals surface area contributed by atoms with Crippen molar-refractivity contribution in [2.24, 2.45) is 0 Å². The summed E-state index contributed by atoms with van der Waals surface area (Å²) in [6.45, 7) is 1.10. The van der Waals surface area contributed by atoms with Crippen molar-refractivity contribution in [3.05, 3.63) is 12.3 Å². The fraction of sp³-hybridized carbons (Fsp3) is 0.714. The molecule has 1 unspecified atom stereocenters. The largest absolute Gasteiger partial charge is 0.391 e. The third kappa shape index (κ3) is 2.06. The Morgan fingerprint density at radius 1 is 1.67 bits per heavy atom. The van der Waals surface area contributed by atoms with E-state index in [0.29, 0.717) is 6.04 Å². The van der Waals surface area contributed by atoms with Crippen molar-refractivity contribution in [3.8, 4) is 0 Å². The minimum atomic E-state index is 0.677. The summed E-state index contributed by atoms with van der Waals surface area (Å²) in [6, 6.07) is 0.677. The first kappa shape index (κ1) is 6.62. The summed E-state index contributed by atoms with van der Waals surface area (Å²) in [7, 11) is 2.02. The monoisotopic (exact) mass is 126 g/mol. The van der Waals surface area contributed by atoms with E-state index in [1.54, 1.807) is 0 Å². The molecule has 0 aromatic rings. The SMILES string of the molecule is CNC1CC=CNCC1. The van der Waals surface area contributed by atoms with Crippen LogP contribution in [-0.4, -0.2) is 19.6 Å². The van der Waals surface area contributed by atoms with Gasteiger partial charge in [0.1, 0.15) is 0 Å². The van der Waals surface area contributed by atoms with Crippen LogP contribution in [0.25, 0.3) is 0 Å². The molecule has 0 amide bonds. The summed E-state index contributed by atoms with van der Waals surface area (Å²) in [5, 5.41) is 6.44. The molecule has 2 nitrogen and oxygen atoms in total. The molecule has 0 aromatic carbocycles. The fourth-order valence-electron chi connectivity index (χ4n) is 1.04. The number of hydrogen-bond donors (Lipinski definition) is 2. The molecule has 0 fully saturated rings. The Balaban J connectivity index is 2.29. The summed E-state index contributed by atoms with van der Waals surface area (Å²) < 4.78 is 0. The predicted octanol–water partition coefficient (Wildman–Crippen LogP) is 0.471. The van der Waals surface area contributed by atoms with E-state index in [2.05, 4.69) is 16.7 Å². The average Bonchev–Trinajstić information content (AvgIpc) is 2.13. The molecule has 2 heteroatoms. The van der Waals surface area contributed by atoms with Crippen LogP contribution in [0.5, 0.6) is 0 Å². The van der Waals surface area contributed by atoms with E-state index in [1.165, 1.54) is 6.42 Å². The molecule has 52 valence electrons. The van der Waals surface area contributed by atoms with Gasteiger partial charge in [-0.25, -0.2) is 0 Å². The smallest absolute Gasteiger partial charge is 0.0156 e. The quantitative estimate of drug-likeness (QED) is 0.533. The van der Waals surface area contributed by atoms with Crippen molar-refractivity contribution in [1.29, 1.82) is 0 Å². The highest BCUT2D eigenvalue weighted by molar-refractivity contribution is 4.88. The van der Waals surface area contributed by atoms with Gasteiger partial charge in [-0.1, -0.05) is 6.08 Å². The molecule has 0 aliphatic carbocycles. The van der Waals surface area contributed by atoms with Crippen molar-refractivity contribution >= 4 is 0 Å². The molecule has 1 aliphatic heterocycles. The standard InChI is InChI=1S/C7H14N2/c1-8-7-3-2-5-9-6-4-7/h2,5,7-9H,3-4,6H2,1H3. The van der Waals surface area contributed by atoms with E-state index < -0.39 is 0 Å². The molecule has 1 aliphatic rings. The van der Waals surface area contributed by atoms with Crippen molar-refractivity contribution in [2.75, 3.05) is 13.6 Å². The Morgan fingerprint density at radius 3 is 3.33 bits per heavy atom. The van der Waals surface area contributed by atoms with Gasteiger partial charge in [0, 0.05) is 12.6 Å². The van der Waals surface area contributed by atoms with Crippen molar-refractivity contribution < 1.29 is 0 Å². The van der Waals surface area contributed by atoms with Gasteiger partial charge in [-0.15, -0.1) is 0 Å². The zero-order chi connectivity index (χ0) is 6.53. The molecule has 0 saturated carbocycles. The van der Waals surface area contributed by atoms with E-state index >= 15 is 0 Å². The molecule has 0 saturated heterocycles. The van der Waals surface area contributed by atoms with Gasteiger partial charge in [-0.2, -0.15) is 0 Å². The van der Waals surface area contributed by atoms with E-state index in [0.717, 1.165) is 13.0 Å². The average molecular weight is 126 g/mol. The third-order valence-corrected chi connectivity index (χ3v) is 1.70. The summed E-state index contributed by atoms with van der Waals surface area (Å²) in [4.78, 5) is 0.